The number of anilines is 1. The van der Waals surface area contributed by atoms with Crippen LogP contribution in [0.3, 0.4) is 0 Å². The highest BCUT2D eigenvalue weighted by Gasteiger charge is 2.24. The van der Waals surface area contributed by atoms with E-state index in [4.69, 9.17) is 0 Å². The predicted octanol–water partition coefficient (Wildman–Crippen LogP) is 1.18. The van der Waals surface area contributed by atoms with Crippen LogP contribution in [0.4, 0.5) is 5.69 Å². The van der Waals surface area contributed by atoms with E-state index in [0.717, 1.165) is 22.7 Å². The zero-order valence-electron chi connectivity index (χ0n) is 10.7. The average Bonchev–Trinajstić information content (AvgIpc) is 2.36. The molecule has 0 aliphatic carbocycles. The predicted molar refractivity (Wildman–Crippen MR) is 74.0 cm³/mol. The Balaban J connectivity index is 2.27. The first kappa shape index (κ1) is 13.4. The molecule has 0 bridgehead atoms. The third-order valence-electron chi connectivity index (χ3n) is 2.92. The van der Waals surface area contributed by atoms with Crippen LogP contribution in [0, 0.1) is 0 Å². The Labute approximate surface area is 112 Å². The lowest BCUT2D eigenvalue weighted by Crippen LogP contribution is -2.39. The molecule has 98 valence electrons. The van der Waals surface area contributed by atoms with E-state index < -0.39 is 0 Å². The maximum absolute atomic E-state index is 12.0. The molecule has 0 aromatic heterocycles. The van der Waals surface area contributed by atoms with Crippen molar-refractivity contribution < 1.29 is 9.90 Å². The second-order valence-corrected chi connectivity index (χ2v) is 5.61. The van der Waals surface area contributed by atoms with Crippen molar-refractivity contribution in [2.24, 2.45) is 0 Å². The van der Waals surface area contributed by atoms with Gasteiger partial charge in [0.05, 0.1) is 18.0 Å². The first-order valence-electron chi connectivity index (χ1n) is 5.93. The van der Waals surface area contributed by atoms with Crippen molar-refractivity contribution >= 4 is 23.4 Å². The fourth-order valence-corrected chi connectivity index (χ4v) is 2.81. The van der Waals surface area contributed by atoms with Gasteiger partial charge in [0.15, 0.2) is 0 Å². The summed E-state index contributed by atoms with van der Waals surface area (Å²) in [6.07, 6.45) is 0. The maximum atomic E-state index is 12.0. The number of hydrogen-bond donors (Lipinski definition) is 1. The molecule has 1 aliphatic rings. The molecule has 4 nitrogen and oxygen atoms in total. The zero-order valence-corrected chi connectivity index (χ0v) is 11.5. The molecule has 1 N–H and O–H groups in total. The normalized spacial score (nSPS) is 15.1. The van der Waals surface area contributed by atoms with E-state index >= 15 is 0 Å². The van der Waals surface area contributed by atoms with Gasteiger partial charge in [-0.05, 0) is 31.8 Å². The Morgan fingerprint density at radius 1 is 1.44 bits per heavy atom. The number of aliphatic hydroxyl groups is 1. The second-order valence-electron chi connectivity index (χ2n) is 4.60. The van der Waals surface area contributed by atoms with E-state index in [2.05, 4.69) is 4.90 Å². The molecule has 18 heavy (non-hydrogen) atoms. The van der Waals surface area contributed by atoms with Crippen molar-refractivity contribution in [3.05, 3.63) is 23.8 Å². The number of carbonyl (C=O) groups excluding carboxylic acids is 1. The molecule has 2 rings (SSSR count). The Kier molecular flexibility index (Phi) is 4.27. The SMILES string of the molecule is CN(C)CCN1C(=O)CSc2ccc(CO)cc21. The molecular weight excluding hydrogens is 248 g/mol. The van der Waals surface area contributed by atoms with E-state index in [9.17, 15) is 9.90 Å². The first-order valence-corrected chi connectivity index (χ1v) is 6.92. The van der Waals surface area contributed by atoms with Gasteiger partial charge in [-0.3, -0.25) is 4.79 Å². The summed E-state index contributed by atoms with van der Waals surface area (Å²) < 4.78 is 0. The number of hydrogen-bond acceptors (Lipinski definition) is 4. The van der Waals surface area contributed by atoms with Crippen LogP contribution in [0.15, 0.2) is 23.1 Å². The topological polar surface area (TPSA) is 43.8 Å². The molecule has 5 heteroatoms. The minimum Gasteiger partial charge on any atom is -0.392 e. The van der Waals surface area contributed by atoms with Gasteiger partial charge in [-0.25, -0.2) is 0 Å². The van der Waals surface area contributed by atoms with Gasteiger partial charge in [-0.15, -0.1) is 11.8 Å². The fourth-order valence-electron chi connectivity index (χ4n) is 1.89. The molecule has 0 saturated carbocycles. The number of rotatable bonds is 4. The van der Waals surface area contributed by atoms with Crippen LogP contribution in [0.5, 0.6) is 0 Å². The number of carbonyl (C=O) groups is 1. The summed E-state index contributed by atoms with van der Waals surface area (Å²) >= 11 is 1.57. The van der Waals surface area contributed by atoms with Gasteiger partial charge < -0.3 is 14.9 Å². The van der Waals surface area contributed by atoms with Crippen molar-refractivity contribution in [3.63, 3.8) is 0 Å². The number of aliphatic hydroxyl groups excluding tert-OH is 1. The van der Waals surface area contributed by atoms with Crippen LogP contribution in [-0.4, -0.2) is 48.9 Å². The van der Waals surface area contributed by atoms with Crippen LogP contribution < -0.4 is 4.90 Å². The molecule has 1 aromatic carbocycles. The highest BCUT2D eigenvalue weighted by Crippen LogP contribution is 2.35. The minimum atomic E-state index is 0.00760. The monoisotopic (exact) mass is 266 g/mol. The highest BCUT2D eigenvalue weighted by atomic mass is 32.2. The molecule has 0 unspecified atom stereocenters. The third-order valence-corrected chi connectivity index (χ3v) is 3.97. The minimum absolute atomic E-state index is 0.00760. The molecule has 0 spiro atoms. The molecule has 0 saturated heterocycles. The molecule has 1 amide bonds. The van der Waals surface area contributed by atoms with Crippen LogP contribution in [0.1, 0.15) is 5.56 Å². The number of thioether (sulfide) groups is 1. The summed E-state index contributed by atoms with van der Waals surface area (Å²) in [5.41, 5.74) is 1.78. The average molecular weight is 266 g/mol. The molecule has 0 fully saturated rings. The molecule has 0 atom stereocenters. The molecule has 1 heterocycles. The van der Waals surface area contributed by atoms with E-state index in [-0.39, 0.29) is 12.5 Å². The lowest BCUT2D eigenvalue weighted by molar-refractivity contribution is -0.116. The zero-order chi connectivity index (χ0) is 13.1. The van der Waals surface area contributed by atoms with Crippen LogP contribution >= 0.6 is 11.8 Å². The summed E-state index contributed by atoms with van der Waals surface area (Å²) in [5, 5.41) is 9.19. The van der Waals surface area contributed by atoms with Crippen molar-refractivity contribution in [1.82, 2.24) is 4.90 Å². The lowest BCUT2D eigenvalue weighted by Gasteiger charge is -2.30. The van der Waals surface area contributed by atoms with Crippen molar-refractivity contribution in [2.45, 2.75) is 11.5 Å². The van der Waals surface area contributed by atoms with Crippen molar-refractivity contribution in [1.29, 1.82) is 0 Å². The summed E-state index contributed by atoms with van der Waals surface area (Å²) in [7, 11) is 3.99. The van der Waals surface area contributed by atoms with Gasteiger partial charge in [-0.2, -0.15) is 0 Å². The number of nitrogens with zero attached hydrogens (tertiary/aromatic N) is 2. The second kappa shape index (κ2) is 5.73. The Hall–Kier alpha value is -1.04. The van der Waals surface area contributed by atoms with Crippen molar-refractivity contribution in [2.75, 3.05) is 37.8 Å². The van der Waals surface area contributed by atoms with Gasteiger partial charge in [0.1, 0.15) is 0 Å². The van der Waals surface area contributed by atoms with E-state index in [1.807, 2.05) is 37.2 Å². The molecule has 1 aromatic rings. The van der Waals surface area contributed by atoms with Crippen molar-refractivity contribution in [3.8, 4) is 0 Å². The number of fused-ring (bicyclic) bond motifs is 1. The quantitative estimate of drug-likeness (QED) is 0.889. The van der Waals surface area contributed by atoms with Crippen LogP contribution in [0.2, 0.25) is 0 Å². The first-order chi connectivity index (χ1) is 8.61. The Morgan fingerprint density at radius 3 is 2.89 bits per heavy atom. The van der Waals surface area contributed by atoms with E-state index in [1.54, 1.807) is 11.8 Å². The van der Waals surface area contributed by atoms with Gasteiger partial charge in [0, 0.05) is 18.0 Å². The summed E-state index contributed by atoms with van der Waals surface area (Å²) in [4.78, 5) is 17.0. The van der Waals surface area contributed by atoms with Gasteiger partial charge in [-0.1, -0.05) is 6.07 Å². The Morgan fingerprint density at radius 2 is 2.22 bits per heavy atom. The standard InChI is InChI=1S/C13H18N2O2S/c1-14(2)5-6-15-11-7-10(8-16)3-4-12(11)18-9-13(15)17/h3-4,7,16H,5-6,8-9H2,1-2H3. The van der Waals surface area contributed by atoms with Crippen LogP contribution in [-0.2, 0) is 11.4 Å². The number of benzene rings is 1. The van der Waals surface area contributed by atoms with E-state index in [0.29, 0.717) is 12.3 Å². The van der Waals surface area contributed by atoms with Gasteiger partial charge >= 0.3 is 0 Å². The van der Waals surface area contributed by atoms with Gasteiger partial charge in [0.25, 0.3) is 0 Å². The molecular formula is C13H18N2O2S. The number of amides is 1. The molecule has 0 radical (unpaired) electrons. The Bertz CT molecular complexity index is 449. The lowest BCUT2D eigenvalue weighted by atomic mass is 10.2. The maximum Gasteiger partial charge on any atom is 0.237 e. The largest absolute Gasteiger partial charge is 0.392 e. The highest BCUT2D eigenvalue weighted by molar-refractivity contribution is 8.00. The smallest absolute Gasteiger partial charge is 0.237 e. The number of likely N-dealkylation sites (N-methyl/N-ethyl adjacent to an activating group) is 1. The summed E-state index contributed by atoms with van der Waals surface area (Å²) in [6, 6.07) is 5.81. The summed E-state index contributed by atoms with van der Waals surface area (Å²) in [6.45, 7) is 1.53. The fraction of sp³-hybridized carbons (Fsp3) is 0.462. The van der Waals surface area contributed by atoms with Gasteiger partial charge in [0.2, 0.25) is 5.91 Å². The third kappa shape index (κ3) is 2.85. The molecule has 1 aliphatic heterocycles. The van der Waals surface area contributed by atoms with E-state index in [1.165, 1.54) is 0 Å². The van der Waals surface area contributed by atoms with Crippen LogP contribution in [0.25, 0.3) is 0 Å². The summed E-state index contributed by atoms with van der Waals surface area (Å²) in [5.74, 6) is 0.642.